The van der Waals surface area contributed by atoms with E-state index >= 15 is 0 Å². The van der Waals surface area contributed by atoms with Gasteiger partial charge in [-0.25, -0.2) is 0 Å². The first-order chi connectivity index (χ1) is 9.85. The predicted molar refractivity (Wildman–Crippen MR) is 89.7 cm³/mol. The van der Waals surface area contributed by atoms with Gasteiger partial charge in [-0.15, -0.1) is 0 Å². The van der Waals surface area contributed by atoms with Crippen LogP contribution in [0.25, 0.3) is 12.2 Å². The number of aryl methyl sites for hydroxylation is 2. The van der Waals surface area contributed by atoms with Crippen molar-refractivity contribution < 1.29 is 0 Å². The molecule has 0 saturated heterocycles. The molecule has 102 valence electrons. The van der Waals surface area contributed by atoms with E-state index in [0.29, 0.717) is 0 Å². The van der Waals surface area contributed by atoms with Crippen molar-refractivity contribution in [1.29, 1.82) is 0 Å². The molecular formula is C20H22. The fourth-order valence-electron chi connectivity index (χ4n) is 2.36. The van der Waals surface area contributed by atoms with E-state index in [1.807, 2.05) is 0 Å². The van der Waals surface area contributed by atoms with Gasteiger partial charge >= 0.3 is 0 Å². The summed E-state index contributed by atoms with van der Waals surface area (Å²) >= 11 is 0. The number of hydrogen-bond acceptors (Lipinski definition) is 0. The molecule has 0 nitrogen and oxygen atoms in total. The summed E-state index contributed by atoms with van der Waals surface area (Å²) in [5, 5.41) is 0. The Morgan fingerprint density at radius 1 is 0.650 bits per heavy atom. The van der Waals surface area contributed by atoms with Crippen molar-refractivity contribution in [2.24, 2.45) is 0 Å². The summed E-state index contributed by atoms with van der Waals surface area (Å²) in [6.45, 7) is 4.39. The molecule has 20 heavy (non-hydrogen) atoms. The number of hydrogen-bond donors (Lipinski definition) is 0. The van der Waals surface area contributed by atoms with E-state index in [1.54, 1.807) is 0 Å². The van der Waals surface area contributed by atoms with E-state index in [0.717, 1.165) is 12.8 Å². The molecule has 2 rings (SSSR count). The monoisotopic (exact) mass is 262 g/mol. The Kier molecular flexibility index (Phi) is 5.37. The molecule has 0 amide bonds. The highest BCUT2D eigenvalue weighted by molar-refractivity contribution is 5.60. The lowest BCUT2D eigenvalue weighted by atomic mass is 10.0. The molecule has 0 atom stereocenters. The standard InChI is InChI=1S/C20H22/c1-3-17-11-5-7-13-19(17)15-9-10-16-20-14-8-6-12-18(20)4-2/h5-16H,3-4H2,1-2H3/b15-9+,16-10+. The molecule has 0 spiro atoms. The van der Waals surface area contributed by atoms with E-state index in [2.05, 4.69) is 86.7 Å². The summed E-state index contributed by atoms with van der Waals surface area (Å²) in [7, 11) is 0. The first-order valence-corrected chi connectivity index (χ1v) is 7.35. The zero-order chi connectivity index (χ0) is 14.2. The fourth-order valence-corrected chi connectivity index (χ4v) is 2.36. The Morgan fingerprint density at radius 3 is 1.45 bits per heavy atom. The molecule has 0 aliphatic rings. The summed E-state index contributed by atoms with van der Waals surface area (Å²) < 4.78 is 0. The molecule has 2 aromatic carbocycles. The van der Waals surface area contributed by atoms with Crippen LogP contribution < -0.4 is 0 Å². The van der Waals surface area contributed by atoms with Crippen molar-refractivity contribution in [2.75, 3.05) is 0 Å². The largest absolute Gasteiger partial charge is 0.0620 e. The number of allylic oxidation sites excluding steroid dienone is 2. The maximum atomic E-state index is 2.19. The Hall–Kier alpha value is -2.08. The third-order valence-corrected chi connectivity index (χ3v) is 3.53. The van der Waals surface area contributed by atoms with E-state index in [9.17, 15) is 0 Å². The Labute approximate surface area is 122 Å². The van der Waals surface area contributed by atoms with Gasteiger partial charge in [-0.3, -0.25) is 0 Å². The van der Waals surface area contributed by atoms with Crippen LogP contribution >= 0.6 is 0 Å². The van der Waals surface area contributed by atoms with E-state index in [4.69, 9.17) is 0 Å². The van der Waals surface area contributed by atoms with Crippen LogP contribution in [-0.2, 0) is 12.8 Å². The van der Waals surface area contributed by atoms with Crippen molar-refractivity contribution >= 4 is 12.2 Å². The van der Waals surface area contributed by atoms with Gasteiger partial charge in [0.25, 0.3) is 0 Å². The average molecular weight is 262 g/mol. The molecule has 0 heterocycles. The summed E-state index contributed by atoms with van der Waals surface area (Å²) in [4.78, 5) is 0. The lowest BCUT2D eigenvalue weighted by molar-refractivity contribution is 1.13. The van der Waals surface area contributed by atoms with Gasteiger partial charge in [0.05, 0.1) is 0 Å². The fraction of sp³-hybridized carbons (Fsp3) is 0.200. The molecule has 0 aliphatic heterocycles. The van der Waals surface area contributed by atoms with Gasteiger partial charge in [0.1, 0.15) is 0 Å². The van der Waals surface area contributed by atoms with Crippen LogP contribution in [0.15, 0.2) is 60.7 Å². The summed E-state index contributed by atoms with van der Waals surface area (Å²) in [6, 6.07) is 17.1. The maximum absolute atomic E-state index is 2.19. The van der Waals surface area contributed by atoms with Gasteiger partial charge < -0.3 is 0 Å². The second-order valence-corrected chi connectivity index (χ2v) is 4.82. The van der Waals surface area contributed by atoms with Crippen LogP contribution in [0.3, 0.4) is 0 Å². The molecule has 0 aliphatic carbocycles. The summed E-state index contributed by atoms with van der Waals surface area (Å²) in [5.41, 5.74) is 5.41. The molecule has 0 saturated carbocycles. The topological polar surface area (TPSA) is 0 Å². The second kappa shape index (κ2) is 7.49. The molecule has 0 radical (unpaired) electrons. The third-order valence-electron chi connectivity index (χ3n) is 3.53. The minimum absolute atomic E-state index is 1.07. The minimum Gasteiger partial charge on any atom is -0.0620 e. The maximum Gasteiger partial charge on any atom is -0.0225 e. The van der Waals surface area contributed by atoms with Crippen LogP contribution in [0, 0.1) is 0 Å². The molecule has 2 aromatic rings. The van der Waals surface area contributed by atoms with Crippen LogP contribution in [0.2, 0.25) is 0 Å². The molecule has 0 aromatic heterocycles. The quantitative estimate of drug-likeness (QED) is 0.621. The van der Waals surface area contributed by atoms with Gasteiger partial charge in [-0.1, -0.05) is 86.7 Å². The van der Waals surface area contributed by atoms with E-state index in [1.165, 1.54) is 22.3 Å². The first-order valence-electron chi connectivity index (χ1n) is 7.35. The van der Waals surface area contributed by atoms with Crippen LogP contribution in [0.5, 0.6) is 0 Å². The molecule has 0 unspecified atom stereocenters. The van der Waals surface area contributed by atoms with Gasteiger partial charge in [0, 0.05) is 0 Å². The smallest absolute Gasteiger partial charge is 0.0225 e. The molecule has 0 N–H and O–H groups in total. The molecule has 0 bridgehead atoms. The van der Waals surface area contributed by atoms with Crippen LogP contribution in [0.4, 0.5) is 0 Å². The molecule has 0 heteroatoms. The summed E-state index contributed by atoms with van der Waals surface area (Å²) in [5.74, 6) is 0. The molecular weight excluding hydrogens is 240 g/mol. The van der Waals surface area contributed by atoms with Crippen molar-refractivity contribution in [3.05, 3.63) is 82.9 Å². The zero-order valence-electron chi connectivity index (χ0n) is 12.3. The Balaban J connectivity index is 2.11. The highest BCUT2D eigenvalue weighted by Crippen LogP contribution is 2.13. The molecule has 0 fully saturated rings. The zero-order valence-corrected chi connectivity index (χ0v) is 12.3. The van der Waals surface area contributed by atoms with E-state index < -0.39 is 0 Å². The van der Waals surface area contributed by atoms with Gasteiger partial charge in [-0.05, 0) is 35.1 Å². The highest BCUT2D eigenvalue weighted by Gasteiger charge is 1.95. The Bertz CT molecular complexity index is 547. The van der Waals surface area contributed by atoms with Crippen molar-refractivity contribution in [3.63, 3.8) is 0 Å². The first kappa shape index (κ1) is 14.3. The lowest BCUT2D eigenvalue weighted by Gasteiger charge is -2.02. The van der Waals surface area contributed by atoms with Crippen molar-refractivity contribution in [1.82, 2.24) is 0 Å². The van der Waals surface area contributed by atoms with Crippen molar-refractivity contribution in [2.45, 2.75) is 26.7 Å². The van der Waals surface area contributed by atoms with Gasteiger partial charge in [0.15, 0.2) is 0 Å². The minimum atomic E-state index is 1.07. The van der Waals surface area contributed by atoms with Crippen LogP contribution in [-0.4, -0.2) is 0 Å². The van der Waals surface area contributed by atoms with Gasteiger partial charge in [-0.2, -0.15) is 0 Å². The number of rotatable bonds is 5. The second-order valence-electron chi connectivity index (χ2n) is 4.82. The Morgan fingerprint density at radius 2 is 1.05 bits per heavy atom. The van der Waals surface area contributed by atoms with Crippen LogP contribution in [0.1, 0.15) is 36.1 Å². The normalized spacial score (nSPS) is 11.5. The predicted octanol–water partition coefficient (Wildman–Crippen LogP) is 5.54. The summed E-state index contributed by atoms with van der Waals surface area (Å²) in [6.07, 6.45) is 10.8. The van der Waals surface area contributed by atoms with Crippen molar-refractivity contribution in [3.8, 4) is 0 Å². The van der Waals surface area contributed by atoms with E-state index in [-0.39, 0.29) is 0 Å². The highest BCUT2D eigenvalue weighted by atomic mass is 14.0. The SMILES string of the molecule is CCc1ccccc1/C=C/C=C/c1ccccc1CC. The van der Waals surface area contributed by atoms with Gasteiger partial charge in [0.2, 0.25) is 0 Å². The average Bonchev–Trinajstić information content (AvgIpc) is 2.52. The lowest BCUT2D eigenvalue weighted by Crippen LogP contribution is -1.84. The number of benzene rings is 2. The third kappa shape index (κ3) is 3.71.